The van der Waals surface area contributed by atoms with Crippen LogP contribution >= 0.6 is 11.6 Å². The van der Waals surface area contributed by atoms with Crippen molar-refractivity contribution < 1.29 is 9.18 Å². The molecule has 1 amide bonds. The van der Waals surface area contributed by atoms with Gasteiger partial charge < -0.3 is 9.80 Å². The third-order valence-electron chi connectivity index (χ3n) is 5.87. The van der Waals surface area contributed by atoms with E-state index in [9.17, 15) is 9.18 Å². The van der Waals surface area contributed by atoms with E-state index in [1.54, 1.807) is 6.07 Å². The highest BCUT2D eigenvalue weighted by Crippen LogP contribution is 2.41. The standard InChI is InChI=1S/C20H20ClFN4O/c21-18-5-6-19(24-23-18)26-14-9-15(26)11-25(10-14)20(27)8-12-1-4-16(13-2-3-13)17(22)7-12/h1,4-7,13-15H,2-3,8-11H2. The van der Waals surface area contributed by atoms with Gasteiger partial charge in [-0.1, -0.05) is 23.7 Å². The summed E-state index contributed by atoms with van der Waals surface area (Å²) in [6.45, 7) is 1.34. The van der Waals surface area contributed by atoms with Gasteiger partial charge in [-0.2, -0.15) is 0 Å². The van der Waals surface area contributed by atoms with E-state index in [0.29, 0.717) is 24.2 Å². The Kier molecular flexibility index (Phi) is 4.04. The molecule has 1 saturated carbocycles. The molecular formula is C20H20ClFN4O. The Hall–Kier alpha value is -2.21. The van der Waals surface area contributed by atoms with Gasteiger partial charge in [-0.05, 0) is 54.5 Å². The number of carbonyl (C=O) groups is 1. The minimum absolute atomic E-state index is 0.0603. The molecule has 6 rings (SSSR count). The fourth-order valence-electron chi connectivity index (χ4n) is 4.33. The molecule has 2 aromatic rings. The quantitative estimate of drug-likeness (QED) is 0.809. The summed E-state index contributed by atoms with van der Waals surface area (Å²) in [7, 11) is 0. The van der Waals surface area contributed by atoms with Gasteiger partial charge in [0, 0.05) is 13.1 Å². The summed E-state index contributed by atoms with van der Waals surface area (Å²) in [6.07, 6.45) is 3.45. The lowest BCUT2D eigenvalue weighted by Gasteiger charge is -2.56. The van der Waals surface area contributed by atoms with E-state index in [4.69, 9.17) is 11.6 Å². The Morgan fingerprint density at radius 1 is 1.15 bits per heavy atom. The van der Waals surface area contributed by atoms with Crippen molar-refractivity contribution in [1.82, 2.24) is 15.1 Å². The highest BCUT2D eigenvalue weighted by Gasteiger charge is 2.46. The van der Waals surface area contributed by atoms with E-state index in [1.165, 1.54) is 6.07 Å². The van der Waals surface area contributed by atoms with Gasteiger partial charge in [-0.3, -0.25) is 4.79 Å². The third-order valence-corrected chi connectivity index (χ3v) is 6.07. The van der Waals surface area contributed by atoms with Crippen molar-refractivity contribution in [2.75, 3.05) is 18.0 Å². The van der Waals surface area contributed by atoms with Gasteiger partial charge in [0.15, 0.2) is 11.0 Å². The van der Waals surface area contributed by atoms with Crippen LogP contribution in [0.25, 0.3) is 0 Å². The molecule has 0 N–H and O–H groups in total. The molecule has 5 nitrogen and oxygen atoms in total. The highest BCUT2D eigenvalue weighted by atomic mass is 35.5. The lowest BCUT2D eigenvalue weighted by Crippen LogP contribution is -2.70. The molecule has 4 heterocycles. The second-order valence-corrected chi connectivity index (χ2v) is 8.16. The minimum atomic E-state index is -0.170. The molecule has 2 unspecified atom stereocenters. The van der Waals surface area contributed by atoms with E-state index in [2.05, 4.69) is 15.1 Å². The average molecular weight is 387 g/mol. The van der Waals surface area contributed by atoms with Crippen LogP contribution in [0.3, 0.4) is 0 Å². The number of nitrogens with zero attached hydrogens (tertiary/aromatic N) is 4. The number of piperazine rings is 1. The number of anilines is 1. The predicted molar refractivity (Wildman–Crippen MR) is 100 cm³/mol. The van der Waals surface area contributed by atoms with E-state index < -0.39 is 0 Å². The summed E-state index contributed by atoms with van der Waals surface area (Å²) in [6, 6.07) is 9.41. The molecule has 0 spiro atoms. The summed E-state index contributed by atoms with van der Waals surface area (Å²) in [5.41, 5.74) is 1.55. The normalized spacial score (nSPS) is 23.9. The van der Waals surface area contributed by atoms with Gasteiger partial charge in [-0.25, -0.2) is 4.39 Å². The zero-order valence-electron chi connectivity index (χ0n) is 14.8. The Morgan fingerprint density at radius 2 is 1.93 bits per heavy atom. The fraction of sp³-hybridized carbons (Fsp3) is 0.450. The second-order valence-electron chi connectivity index (χ2n) is 7.77. The second kappa shape index (κ2) is 6.44. The predicted octanol–water partition coefficient (Wildman–Crippen LogP) is 3.18. The maximum absolute atomic E-state index is 14.2. The van der Waals surface area contributed by atoms with E-state index in [0.717, 1.165) is 36.2 Å². The van der Waals surface area contributed by atoms with Gasteiger partial charge in [0.05, 0.1) is 18.5 Å². The Morgan fingerprint density at radius 3 is 2.56 bits per heavy atom. The van der Waals surface area contributed by atoms with E-state index in [-0.39, 0.29) is 30.2 Å². The van der Waals surface area contributed by atoms with Crippen molar-refractivity contribution in [2.45, 2.75) is 43.7 Å². The smallest absolute Gasteiger partial charge is 0.227 e. The maximum Gasteiger partial charge on any atom is 0.227 e. The van der Waals surface area contributed by atoms with Crippen LogP contribution in [0, 0.1) is 5.82 Å². The first kappa shape index (κ1) is 16.9. The molecule has 1 aromatic heterocycles. The Balaban J connectivity index is 1.23. The van der Waals surface area contributed by atoms with Crippen LogP contribution in [0.15, 0.2) is 30.3 Å². The molecule has 4 fully saturated rings. The van der Waals surface area contributed by atoms with Crippen LogP contribution in [0.5, 0.6) is 0 Å². The van der Waals surface area contributed by atoms with Crippen LogP contribution in [0.2, 0.25) is 5.15 Å². The third kappa shape index (κ3) is 3.16. The summed E-state index contributed by atoms with van der Waals surface area (Å²) in [5, 5.41) is 8.44. The van der Waals surface area contributed by atoms with Crippen molar-refractivity contribution in [3.63, 3.8) is 0 Å². The fourth-order valence-corrected chi connectivity index (χ4v) is 4.43. The number of rotatable bonds is 4. The molecule has 140 valence electrons. The van der Waals surface area contributed by atoms with Crippen LogP contribution < -0.4 is 4.90 Å². The summed E-state index contributed by atoms with van der Waals surface area (Å²) in [5.74, 6) is 1.08. The molecule has 1 aromatic carbocycles. The summed E-state index contributed by atoms with van der Waals surface area (Å²) < 4.78 is 14.2. The molecule has 27 heavy (non-hydrogen) atoms. The highest BCUT2D eigenvalue weighted by molar-refractivity contribution is 6.29. The van der Waals surface area contributed by atoms with Gasteiger partial charge >= 0.3 is 0 Å². The van der Waals surface area contributed by atoms with Crippen LogP contribution in [-0.2, 0) is 11.2 Å². The molecule has 4 aliphatic rings. The van der Waals surface area contributed by atoms with Gasteiger partial charge in [0.25, 0.3) is 0 Å². The molecular weight excluding hydrogens is 367 g/mol. The first-order valence-corrected chi connectivity index (χ1v) is 9.80. The number of piperidine rings is 1. The number of amides is 1. The van der Waals surface area contributed by atoms with Crippen molar-refractivity contribution >= 4 is 23.3 Å². The topological polar surface area (TPSA) is 49.3 Å². The number of benzene rings is 1. The molecule has 0 radical (unpaired) electrons. The average Bonchev–Trinajstić information content (AvgIpc) is 3.49. The van der Waals surface area contributed by atoms with Crippen LogP contribution in [0.1, 0.15) is 36.3 Å². The summed E-state index contributed by atoms with van der Waals surface area (Å²) >= 11 is 5.81. The number of fused-ring (bicyclic) bond motifs is 2. The molecule has 2 atom stereocenters. The Labute approximate surface area is 162 Å². The number of carbonyl (C=O) groups excluding carboxylic acids is 1. The monoisotopic (exact) mass is 386 g/mol. The number of hydrogen-bond donors (Lipinski definition) is 0. The zero-order valence-corrected chi connectivity index (χ0v) is 15.6. The maximum atomic E-state index is 14.2. The first-order chi connectivity index (χ1) is 13.1. The summed E-state index contributed by atoms with van der Waals surface area (Å²) in [4.78, 5) is 16.8. The van der Waals surface area contributed by atoms with Gasteiger partial charge in [0.1, 0.15) is 5.82 Å². The largest absolute Gasteiger partial charge is 0.345 e. The minimum Gasteiger partial charge on any atom is -0.345 e. The van der Waals surface area contributed by atoms with E-state index >= 15 is 0 Å². The SMILES string of the molecule is O=C(Cc1ccc(C2CC2)c(F)c1)N1CC2CC(C1)N2c1ccc(Cl)nn1. The van der Waals surface area contributed by atoms with Crippen LogP contribution in [-0.4, -0.2) is 46.2 Å². The van der Waals surface area contributed by atoms with Crippen LogP contribution in [0.4, 0.5) is 10.2 Å². The number of halogens is 2. The number of hydrogen-bond acceptors (Lipinski definition) is 4. The van der Waals surface area contributed by atoms with E-state index in [1.807, 2.05) is 23.1 Å². The molecule has 1 aliphatic carbocycles. The lowest BCUT2D eigenvalue weighted by atomic mass is 9.87. The lowest BCUT2D eigenvalue weighted by molar-refractivity contribution is -0.133. The Bertz CT molecular complexity index is 874. The van der Waals surface area contributed by atoms with Crippen molar-refractivity contribution in [3.05, 3.63) is 52.4 Å². The van der Waals surface area contributed by atoms with Crippen molar-refractivity contribution in [3.8, 4) is 0 Å². The van der Waals surface area contributed by atoms with Gasteiger partial charge in [0.2, 0.25) is 5.91 Å². The van der Waals surface area contributed by atoms with Gasteiger partial charge in [-0.15, -0.1) is 10.2 Å². The van der Waals surface area contributed by atoms with Crippen molar-refractivity contribution in [2.24, 2.45) is 0 Å². The molecule has 7 heteroatoms. The molecule has 2 bridgehead atoms. The van der Waals surface area contributed by atoms with Crippen molar-refractivity contribution in [1.29, 1.82) is 0 Å². The first-order valence-electron chi connectivity index (χ1n) is 9.42. The molecule has 3 saturated heterocycles. The molecule has 3 aliphatic heterocycles. The zero-order chi connectivity index (χ0) is 18.5. The number of aromatic nitrogens is 2.